The van der Waals surface area contributed by atoms with Crippen molar-refractivity contribution in [2.45, 2.75) is 11.8 Å². The Bertz CT molecular complexity index is 499. The van der Waals surface area contributed by atoms with Gasteiger partial charge in [0.1, 0.15) is 5.75 Å². The molecular formula is C13H18N2O3S. The van der Waals surface area contributed by atoms with Crippen molar-refractivity contribution in [1.82, 2.24) is 4.90 Å². The standard InChI is InChI=1S/C13H18N2O3S/c1-10-2-3-11(14)12(8-10)19(17)9-13(16)15-4-6-18-7-5-15/h2-3,8H,4-7,9,14H2,1H3. The molecule has 0 radical (unpaired) electrons. The van der Waals surface area contributed by atoms with Crippen molar-refractivity contribution in [3.05, 3.63) is 23.8 Å². The Morgan fingerprint density at radius 2 is 2.11 bits per heavy atom. The van der Waals surface area contributed by atoms with E-state index >= 15 is 0 Å². The quantitative estimate of drug-likeness (QED) is 0.822. The molecule has 1 unspecified atom stereocenters. The van der Waals surface area contributed by atoms with E-state index in [1.54, 1.807) is 17.0 Å². The first kappa shape index (κ1) is 14.0. The highest BCUT2D eigenvalue weighted by atomic mass is 32.2. The molecule has 104 valence electrons. The van der Waals surface area contributed by atoms with Gasteiger partial charge in [0.2, 0.25) is 5.91 Å². The summed E-state index contributed by atoms with van der Waals surface area (Å²) in [4.78, 5) is 14.2. The number of amides is 1. The van der Waals surface area contributed by atoms with E-state index in [4.69, 9.17) is 10.5 Å². The molecule has 0 saturated carbocycles. The summed E-state index contributed by atoms with van der Waals surface area (Å²) in [5.74, 6) is -0.129. The first-order chi connectivity index (χ1) is 9.08. The van der Waals surface area contributed by atoms with E-state index in [0.717, 1.165) is 5.56 Å². The predicted molar refractivity (Wildman–Crippen MR) is 74.3 cm³/mol. The number of nitrogen functional groups attached to an aromatic ring is 1. The van der Waals surface area contributed by atoms with Gasteiger partial charge in [0.15, 0.2) is 0 Å². The van der Waals surface area contributed by atoms with Crippen LogP contribution >= 0.6 is 0 Å². The maximum Gasteiger partial charge on any atom is 0.235 e. The van der Waals surface area contributed by atoms with Crippen molar-refractivity contribution in [1.29, 1.82) is 0 Å². The average Bonchev–Trinajstić information content (AvgIpc) is 2.42. The van der Waals surface area contributed by atoms with Gasteiger partial charge in [-0.05, 0) is 24.6 Å². The van der Waals surface area contributed by atoms with Gasteiger partial charge in [0.05, 0.1) is 28.9 Å². The third-order valence-electron chi connectivity index (χ3n) is 3.03. The van der Waals surface area contributed by atoms with Crippen LogP contribution in [-0.4, -0.2) is 47.1 Å². The lowest BCUT2D eigenvalue weighted by molar-refractivity contribution is -0.132. The Morgan fingerprint density at radius 1 is 1.42 bits per heavy atom. The minimum Gasteiger partial charge on any atom is -0.398 e. The minimum absolute atomic E-state index is 0.0202. The van der Waals surface area contributed by atoms with Crippen LogP contribution in [0, 0.1) is 6.92 Å². The number of hydrogen-bond acceptors (Lipinski definition) is 4. The molecule has 0 aromatic heterocycles. The number of ether oxygens (including phenoxy) is 1. The number of rotatable bonds is 3. The molecule has 0 aliphatic carbocycles. The van der Waals surface area contributed by atoms with Crippen LogP contribution in [0.5, 0.6) is 0 Å². The summed E-state index contributed by atoms with van der Waals surface area (Å²) in [7, 11) is -1.39. The monoisotopic (exact) mass is 282 g/mol. The topological polar surface area (TPSA) is 72.6 Å². The van der Waals surface area contributed by atoms with Gasteiger partial charge in [-0.1, -0.05) is 6.07 Å². The second kappa shape index (κ2) is 6.16. The highest BCUT2D eigenvalue weighted by Crippen LogP contribution is 2.18. The van der Waals surface area contributed by atoms with Gasteiger partial charge in [-0.3, -0.25) is 9.00 Å². The van der Waals surface area contributed by atoms with Gasteiger partial charge in [0, 0.05) is 18.8 Å². The molecule has 1 aliphatic heterocycles. The van der Waals surface area contributed by atoms with Crippen LogP contribution in [0.2, 0.25) is 0 Å². The molecular weight excluding hydrogens is 264 g/mol. The van der Waals surface area contributed by atoms with Gasteiger partial charge in [-0.2, -0.15) is 0 Å². The van der Waals surface area contributed by atoms with E-state index in [0.29, 0.717) is 36.9 Å². The van der Waals surface area contributed by atoms with Crippen molar-refractivity contribution < 1.29 is 13.7 Å². The summed E-state index contributed by atoms with van der Waals surface area (Å²) in [5.41, 5.74) is 7.26. The van der Waals surface area contributed by atoms with E-state index in [1.807, 2.05) is 13.0 Å². The number of benzene rings is 1. The second-order valence-corrected chi connectivity index (χ2v) is 5.94. The maximum absolute atomic E-state index is 12.2. The number of carbonyl (C=O) groups excluding carboxylic acids is 1. The molecule has 1 saturated heterocycles. The summed E-state index contributed by atoms with van der Waals surface area (Å²) in [6, 6.07) is 5.36. The van der Waals surface area contributed by atoms with E-state index in [-0.39, 0.29) is 11.7 Å². The SMILES string of the molecule is Cc1ccc(N)c(S(=O)CC(=O)N2CCOCC2)c1. The van der Waals surface area contributed by atoms with E-state index in [9.17, 15) is 9.00 Å². The Balaban J connectivity index is 2.04. The van der Waals surface area contributed by atoms with Crippen LogP contribution in [0.15, 0.2) is 23.1 Å². The lowest BCUT2D eigenvalue weighted by Gasteiger charge is -2.26. The van der Waals surface area contributed by atoms with Crippen molar-refractivity contribution in [2.24, 2.45) is 0 Å². The van der Waals surface area contributed by atoms with Crippen LogP contribution < -0.4 is 5.73 Å². The number of anilines is 1. The predicted octanol–water partition coefficient (Wildman–Crippen LogP) is 0.544. The van der Waals surface area contributed by atoms with E-state index in [2.05, 4.69) is 0 Å². The number of nitrogens with two attached hydrogens (primary N) is 1. The first-order valence-corrected chi connectivity index (χ1v) is 7.50. The van der Waals surface area contributed by atoms with Crippen LogP contribution in [0.1, 0.15) is 5.56 Å². The van der Waals surface area contributed by atoms with Gasteiger partial charge < -0.3 is 15.4 Å². The fourth-order valence-electron chi connectivity index (χ4n) is 1.93. The highest BCUT2D eigenvalue weighted by molar-refractivity contribution is 7.86. The number of hydrogen-bond donors (Lipinski definition) is 1. The molecule has 2 rings (SSSR count). The van der Waals surface area contributed by atoms with Gasteiger partial charge in [-0.25, -0.2) is 0 Å². The molecule has 1 aromatic carbocycles. The molecule has 5 nitrogen and oxygen atoms in total. The Labute approximate surface area is 115 Å². The first-order valence-electron chi connectivity index (χ1n) is 6.18. The van der Waals surface area contributed by atoms with E-state index in [1.165, 1.54) is 0 Å². The smallest absolute Gasteiger partial charge is 0.235 e. The number of carbonyl (C=O) groups is 1. The third kappa shape index (κ3) is 3.54. The molecule has 1 aromatic rings. The fraction of sp³-hybridized carbons (Fsp3) is 0.462. The molecule has 0 bridgehead atoms. The number of morpholine rings is 1. The zero-order chi connectivity index (χ0) is 13.8. The van der Waals surface area contributed by atoms with Crippen LogP contribution in [0.4, 0.5) is 5.69 Å². The van der Waals surface area contributed by atoms with E-state index < -0.39 is 10.8 Å². The second-order valence-electron chi connectivity index (χ2n) is 4.52. The Kier molecular flexibility index (Phi) is 4.55. The van der Waals surface area contributed by atoms with Crippen LogP contribution in [-0.2, 0) is 20.3 Å². The summed E-state index contributed by atoms with van der Waals surface area (Å²) < 4.78 is 17.4. The van der Waals surface area contributed by atoms with Crippen LogP contribution in [0.3, 0.4) is 0 Å². The largest absolute Gasteiger partial charge is 0.398 e. The van der Waals surface area contributed by atoms with Gasteiger partial charge in [-0.15, -0.1) is 0 Å². The zero-order valence-corrected chi connectivity index (χ0v) is 11.7. The zero-order valence-electron chi connectivity index (χ0n) is 10.9. The summed E-state index contributed by atoms with van der Waals surface area (Å²) >= 11 is 0. The summed E-state index contributed by atoms with van der Waals surface area (Å²) in [5, 5.41) is 0. The van der Waals surface area contributed by atoms with Crippen LogP contribution in [0.25, 0.3) is 0 Å². The number of aryl methyl sites for hydroxylation is 1. The lowest BCUT2D eigenvalue weighted by Crippen LogP contribution is -2.42. The van der Waals surface area contributed by atoms with Crippen molar-refractivity contribution in [3.8, 4) is 0 Å². The molecule has 1 atom stereocenters. The summed E-state index contributed by atoms with van der Waals surface area (Å²) in [6.07, 6.45) is 0. The maximum atomic E-state index is 12.2. The minimum atomic E-state index is -1.39. The average molecular weight is 282 g/mol. The van der Waals surface area contributed by atoms with Gasteiger partial charge in [0.25, 0.3) is 0 Å². The Hall–Kier alpha value is -1.40. The Morgan fingerprint density at radius 3 is 2.79 bits per heavy atom. The molecule has 1 fully saturated rings. The lowest BCUT2D eigenvalue weighted by atomic mass is 10.2. The van der Waals surface area contributed by atoms with Gasteiger partial charge >= 0.3 is 0 Å². The molecule has 1 aliphatic rings. The number of nitrogens with zero attached hydrogens (tertiary/aromatic N) is 1. The van der Waals surface area contributed by atoms with Crippen molar-refractivity contribution in [3.63, 3.8) is 0 Å². The molecule has 6 heteroatoms. The van der Waals surface area contributed by atoms with Crippen molar-refractivity contribution in [2.75, 3.05) is 37.8 Å². The van der Waals surface area contributed by atoms with Crippen molar-refractivity contribution >= 4 is 22.4 Å². The normalized spacial score (nSPS) is 17.2. The molecule has 19 heavy (non-hydrogen) atoms. The summed E-state index contributed by atoms with van der Waals surface area (Å²) in [6.45, 7) is 4.14. The highest BCUT2D eigenvalue weighted by Gasteiger charge is 2.20. The molecule has 0 spiro atoms. The molecule has 2 N–H and O–H groups in total. The molecule has 1 heterocycles. The third-order valence-corrected chi connectivity index (χ3v) is 4.39. The molecule has 1 amide bonds. The fourth-order valence-corrected chi connectivity index (χ4v) is 3.14.